The SMILES string of the molecule is NC(=O)CN1CCC(NC(=O)C2CC(c3ccccc3)NN2)CC1. The largest absolute Gasteiger partial charge is 0.369 e. The molecule has 0 saturated carbocycles. The number of piperidine rings is 1. The maximum absolute atomic E-state index is 12.4. The van der Waals surface area contributed by atoms with Crippen LogP contribution >= 0.6 is 0 Å². The molecule has 3 rings (SSSR count). The van der Waals surface area contributed by atoms with Crippen molar-refractivity contribution < 1.29 is 9.59 Å². The summed E-state index contributed by atoms with van der Waals surface area (Å²) in [4.78, 5) is 25.4. The summed E-state index contributed by atoms with van der Waals surface area (Å²) in [6.45, 7) is 1.88. The zero-order valence-electron chi connectivity index (χ0n) is 13.7. The number of hydrazine groups is 1. The molecule has 0 bridgehead atoms. The number of nitrogens with zero attached hydrogens (tertiary/aromatic N) is 1. The topological polar surface area (TPSA) is 99.5 Å². The molecule has 2 fully saturated rings. The Balaban J connectivity index is 1.44. The van der Waals surface area contributed by atoms with Crippen molar-refractivity contribution in [3.8, 4) is 0 Å². The minimum Gasteiger partial charge on any atom is -0.369 e. The van der Waals surface area contributed by atoms with Crippen LogP contribution in [0.15, 0.2) is 30.3 Å². The molecule has 2 aliphatic rings. The standard InChI is InChI=1S/C17H25N5O2/c18-16(23)11-22-8-6-13(7-9-22)19-17(24)15-10-14(20-21-15)12-4-2-1-3-5-12/h1-5,13-15,20-21H,6-11H2,(H2,18,23)(H,19,24). The Morgan fingerprint density at radius 3 is 2.54 bits per heavy atom. The number of primary amides is 1. The predicted octanol–water partition coefficient (Wildman–Crippen LogP) is -0.340. The van der Waals surface area contributed by atoms with Gasteiger partial charge < -0.3 is 11.1 Å². The van der Waals surface area contributed by atoms with Crippen LogP contribution in [-0.4, -0.2) is 48.4 Å². The van der Waals surface area contributed by atoms with Crippen LogP contribution in [0.4, 0.5) is 0 Å². The normalized spacial score (nSPS) is 25.5. The van der Waals surface area contributed by atoms with E-state index in [1.165, 1.54) is 5.56 Å². The van der Waals surface area contributed by atoms with Gasteiger partial charge in [-0.25, -0.2) is 10.9 Å². The molecule has 0 aliphatic carbocycles. The number of carbonyl (C=O) groups excluding carboxylic acids is 2. The first kappa shape index (κ1) is 16.9. The average molecular weight is 331 g/mol. The molecule has 2 aliphatic heterocycles. The lowest BCUT2D eigenvalue weighted by molar-refractivity contribution is -0.124. The number of benzene rings is 1. The van der Waals surface area contributed by atoms with Gasteiger partial charge in [0.2, 0.25) is 11.8 Å². The molecular weight excluding hydrogens is 306 g/mol. The number of hydrogen-bond donors (Lipinski definition) is 4. The van der Waals surface area contributed by atoms with Gasteiger partial charge in [0.05, 0.1) is 6.54 Å². The highest BCUT2D eigenvalue weighted by Gasteiger charge is 2.31. The summed E-state index contributed by atoms with van der Waals surface area (Å²) in [6, 6.07) is 10.2. The van der Waals surface area contributed by atoms with Crippen LogP contribution in [0.5, 0.6) is 0 Å². The van der Waals surface area contributed by atoms with Gasteiger partial charge in [0.1, 0.15) is 6.04 Å². The Kier molecular flexibility index (Phi) is 5.44. The fraction of sp³-hybridized carbons (Fsp3) is 0.529. The van der Waals surface area contributed by atoms with Crippen molar-refractivity contribution in [2.24, 2.45) is 5.73 Å². The highest BCUT2D eigenvalue weighted by atomic mass is 16.2. The number of hydrogen-bond acceptors (Lipinski definition) is 5. The zero-order valence-corrected chi connectivity index (χ0v) is 13.7. The molecule has 7 nitrogen and oxygen atoms in total. The smallest absolute Gasteiger partial charge is 0.238 e. The third-order valence-electron chi connectivity index (χ3n) is 4.74. The van der Waals surface area contributed by atoms with E-state index < -0.39 is 0 Å². The van der Waals surface area contributed by atoms with Gasteiger partial charge in [-0.05, 0) is 24.8 Å². The third kappa shape index (κ3) is 4.31. The van der Waals surface area contributed by atoms with Gasteiger partial charge in [-0.1, -0.05) is 30.3 Å². The number of nitrogens with one attached hydrogen (secondary N) is 3. The van der Waals surface area contributed by atoms with E-state index in [0.717, 1.165) is 32.4 Å². The van der Waals surface area contributed by atoms with Crippen LogP contribution in [0, 0.1) is 0 Å². The fourth-order valence-corrected chi connectivity index (χ4v) is 3.39. The Hall–Kier alpha value is -1.96. The van der Waals surface area contributed by atoms with Gasteiger partial charge in [-0.3, -0.25) is 14.5 Å². The molecule has 0 spiro atoms. The molecule has 5 N–H and O–H groups in total. The Morgan fingerprint density at radius 1 is 1.17 bits per heavy atom. The highest BCUT2D eigenvalue weighted by Crippen LogP contribution is 2.22. The maximum atomic E-state index is 12.4. The lowest BCUT2D eigenvalue weighted by Crippen LogP contribution is -2.51. The molecule has 0 radical (unpaired) electrons. The number of carbonyl (C=O) groups is 2. The molecule has 1 aromatic carbocycles. The predicted molar refractivity (Wildman–Crippen MR) is 90.7 cm³/mol. The van der Waals surface area contributed by atoms with E-state index in [1.807, 2.05) is 23.1 Å². The van der Waals surface area contributed by atoms with Crippen LogP contribution in [0.2, 0.25) is 0 Å². The van der Waals surface area contributed by atoms with Crippen molar-refractivity contribution >= 4 is 11.8 Å². The van der Waals surface area contributed by atoms with Crippen molar-refractivity contribution in [2.75, 3.05) is 19.6 Å². The Labute approximate surface area is 141 Å². The summed E-state index contributed by atoms with van der Waals surface area (Å²) >= 11 is 0. The summed E-state index contributed by atoms with van der Waals surface area (Å²) in [5, 5.41) is 3.12. The van der Waals surface area contributed by atoms with Crippen molar-refractivity contribution in [1.82, 2.24) is 21.1 Å². The van der Waals surface area contributed by atoms with Gasteiger partial charge in [0, 0.05) is 25.2 Å². The minimum absolute atomic E-state index is 0.0364. The summed E-state index contributed by atoms with van der Waals surface area (Å²) < 4.78 is 0. The van der Waals surface area contributed by atoms with E-state index in [0.29, 0.717) is 6.54 Å². The number of likely N-dealkylation sites (tertiary alicyclic amines) is 1. The van der Waals surface area contributed by atoms with E-state index in [9.17, 15) is 9.59 Å². The molecule has 24 heavy (non-hydrogen) atoms. The second kappa shape index (κ2) is 7.74. The van der Waals surface area contributed by atoms with Crippen molar-refractivity contribution in [3.63, 3.8) is 0 Å². The average Bonchev–Trinajstić information content (AvgIpc) is 3.07. The first-order valence-electron chi connectivity index (χ1n) is 8.49. The highest BCUT2D eigenvalue weighted by molar-refractivity contribution is 5.82. The number of nitrogens with two attached hydrogens (primary N) is 1. The Bertz CT molecular complexity index is 572. The van der Waals surface area contributed by atoms with Crippen molar-refractivity contribution in [2.45, 2.75) is 37.4 Å². The van der Waals surface area contributed by atoms with Crippen LogP contribution in [0.1, 0.15) is 30.9 Å². The second-order valence-corrected chi connectivity index (χ2v) is 6.57. The van der Waals surface area contributed by atoms with Crippen LogP contribution < -0.4 is 21.9 Å². The lowest BCUT2D eigenvalue weighted by Gasteiger charge is -2.31. The van der Waals surface area contributed by atoms with E-state index in [4.69, 9.17) is 5.73 Å². The third-order valence-corrected chi connectivity index (χ3v) is 4.74. The van der Waals surface area contributed by atoms with Gasteiger partial charge >= 0.3 is 0 Å². The van der Waals surface area contributed by atoms with Gasteiger partial charge in [0.15, 0.2) is 0 Å². The molecular formula is C17H25N5O2. The maximum Gasteiger partial charge on any atom is 0.238 e. The van der Waals surface area contributed by atoms with Crippen molar-refractivity contribution in [3.05, 3.63) is 35.9 Å². The molecule has 2 atom stereocenters. The first-order chi connectivity index (χ1) is 11.6. The van der Waals surface area contributed by atoms with Crippen LogP contribution in [-0.2, 0) is 9.59 Å². The molecule has 2 unspecified atom stereocenters. The number of rotatable bonds is 5. The van der Waals surface area contributed by atoms with Crippen LogP contribution in [0.25, 0.3) is 0 Å². The first-order valence-corrected chi connectivity index (χ1v) is 8.49. The van der Waals surface area contributed by atoms with E-state index >= 15 is 0 Å². The summed E-state index contributed by atoms with van der Waals surface area (Å²) in [5.41, 5.74) is 12.7. The van der Waals surface area contributed by atoms with Crippen LogP contribution in [0.3, 0.4) is 0 Å². The van der Waals surface area contributed by atoms with Gasteiger partial charge in [-0.15, -0.1) is 0 Å². The zero-order chi connectivity index (χ0) is 16.9. The number of amides is 2. The monoisotopic (exact) mass is 331 g/mol. The molecule has 1 aromatic rings. The fourth-order valence-electron chi connectivity index (χ4n) is 3.39. The van der Waals surface area contributed by atoms with E-state index in [1.54, 1.807) is 0 Å². The lowest BCUT2D eigenvalue weighted by atomic mass is 10.0. The summed E-state index contributed by atoms with van der Waals surface area (Å²) in [6.07, 6.45) is 2.43. The van der Waals surface area contributed by atoms with Gasteiger partial charge in [0.25, 0.3) is 0 Å². The summed E-state index contributed by atoms with van der Waals surface area (Å²) in [5.74, 6) is -0.264. The molecule has 0 aromatic heterocycles. The van der Waals surface area contributed by atoms with Gasteiger partial charge in [-0.2, -0.15) is 0 Å². The van der Waals surface area contributed by atoms with E-state index in [2.05, 4.69) is 28.3 Å². The molecule has 130 valence electrons. The molecule has 2 heterocycles. The summed E-state index contributed by atoms with van der Waals surface area (Å²) in [7, 11) is 0. The Morgan fingerprint density at radius 2 is 1.88 bits per heavy atom. The molecule has 2 saturated heterocycles. The quantitative estimate of drug-likeness (QED) is 0.592. The molecule has 7 heteroatoms. The second-order valence-electron chi connectivity index (χ2n) is 6.57. The van der Waals surface area contributed by atoms with Crippen molar-refractivity contribution in [1.29, 1.82) is 0 Å². The minimum atomic E-state index is -0.300. The molecule has 2 amide bonds. The van der Waals surface area contributed by atoms with E-state index in [-0.39, 0.29) is 29.9 Å².